The zero-order chi connectivity index (χ0) is 14.1. The summed E-state index contributed by atoms with van der Waals surface area (Å²) in [7, 11) is 0. The lowest BCUT2D eigenvalue weighted by atomic mass is 9.74. The van der Waals surface area contributed by atoms with Gasteiger partial charge in [0, 0.05) is 30.7 Å². The van der Waals surface area contributed by atoms with Gasteiger partial charge in [-0.1, -0.05) is 39.5 Å². The maximum Gasteiger partial charge on any atom is 0.0329 e. The first-order valence-corrected chi connectivity index (χ1v) is 9.22. The van der Waals surface area contributed by atoms with Crippen LogP contribution in [0.25, 0.3) is 0 Å². The monoisotopic (exact) mass is 278 g/mol. The van der Waals surface area contributed by atoms with Crippen molar-refractivity contribution in [2.45, 2.75) is 89.1 Å². The number of nitrogens with zero attached hydrogens (tertiary/aromatic N) is 1. The van der Waals surface area contributed by atoms with E-state index in [9.17, 15) is 0 Å². The van der Waals surface area contributed by atoms with Gasteiger partial charge in [0.25, 0.3) is 0 Å². The van der Waals surface area contributed by atoms with Gasteiger partial charge in [0.1, 0.15) is 0 Å². The van der Waals surface area contributed by atoms with E-state index in [1.54, 1.807) is 0 Å². The lowest BCUT2D eigenvalue weighted by Gasteiger charge is -2.57. The van der Waals surface area contributed by atoms with Crippen molar-refractivity contribution in [1.29, 1.82) is 0 Å². The maximum absolute atomic E-state index is 4.02. The zero-order valence-electron chi connectivity index (χ0n) is 13.7. The third-order valence-corrected chi connectivity index (χ3v) is 6.79. The number of nitrogens with one attached hydrogen (secondary N) is 1. The Labute approximate surface area is 125 Å². The summed E-state index contributed by atoms with van der Waals surface area (Å²) >= 11 is 0. The molecule has 0 aromatic heterocycles. The Kier molecular flexibility index (Phi) is 4.42. The van der Waals surface area contributed by atoms with E-state index in [1.807, 2.05) is 0 Å². The minimum Gasteiger partial charge on any atom is -0.308 e. The average molecular weight is 278 g/mol. The molecule has 3 rings (SSSR count). The van der Waals surface area contributed by atoms with Crippen LogP contribution in [0.2, 0.25) is 0 Å². The number of hydrogen-bond acceptors (Lipinski definition) is 2. The van der Waals surface area contributed by atoms with E-state index in [0.29, 0.717) is 11.1 Å². The molecule has 0 bridgehead atoms. The van der Waals surface area contributed by atoms with Crippen LogP contribution < -0.4 is 5.32 Å². The van der Waals surface area contributed by atoms with Crippen LogP contribution in [0.5, 0.6) is 0 Å². The molecule has 20 heavy (non-hydrogen) atoms. The van der Waals surface area contributed by atoms with Crippen LogP contribution in [0.1, 0.15) is 78.1 Å². The second kappa shape index (κ2) is 5.96. The van der Waals surface area contributed by atoms with Crippen LogP contribution in [0.4, 0.5) is 0 Å². The van der Waals surface area contributed by atoms with Gasteiger partial charge in [0.2, 0.25) is 0 Å². The third kappa shape index (κ3) is 2.66. The van der Waals surface area contributed by atoms with Crippen LogP contribution in [0.3, 0.4) is 0 Å². The van der Waals surface area contributed by atoms with E-state index >= 15 is 0 Å². The molecule has 1 heterocycles. The molecule has 2 nitrogen and oxygen atoms in total. The Bertz CT molecular complexity index is 311. The van der Waals surface area contributed by atoms with Crippen LogP contribution in [-0.2, 0) is 0 Å². The Hall–Kier alpha value is -0.0800. The molecule has 2 saturated carbocycles. The van der Waals surface area contributed by atoms with E-state index in [-0.39, 0.29) is 0 Å². The number of rotatable bonds is 4. The molecule has 1 saturated heterocycles. The van der Waals surface area contributed by atoms with E-state index in [2.05, 4.69) is 24.1 Å². The van der Waals surface area contributed by atoms with Gasteiger partial charge >= 0.3 is 0 Å². The van der Waals surface area contributed by atoms with Crippen molar-refractivity contribution in [1.82, 2.24) is 10.2 Å². The van der Waals surface area contributed by atoms with Gasteiger partial charge in [-0.25, -0.2) is 0 Å². The van der Waals surface area contributed by atoms with E-state index in [1.165, 1.54) is 83.8 Å². The summed E-state index contributed by atoms with van der Waals surface area (Å²) < 4.78 is 0. The highest BCUT2D eigenvalue weighted by atomic mass is 15.3. The largest absolute Gasteiger partial charge is 0.308 e. The van der Waals surface area contributed by atoms with E-state index in [4.69, 9.17) is 0 Å². The van der Waals surface area contributed by atoms with Gasteiger partial charge in [0.15, 0.2) is 0 Å². The first-order chi connectivity index (χ1) is 9.72. The normalized spacial score (nSPS) is 30.3. The highest BCUT2D eigenvalue weighted by molar-refractivity contribution is 5.06. The summed E-state index contributed by atoms with van der Waals surface area (Å²) in [4.78, 5) is 2.93. The molecule has 1 N–H and O–H groups in total. The van der Waals surface area contributed by atoms with E-state index in [0.717, 1.165) is 5.92 Å². The maximum atomic E-state index is 4.02. The molecule has 0 amide bonds. The summed E-state index contributed by atoms with van der Waals surface area (Å²) in [6.07, 6.45) is 14.2. The predicted molar refractivity (Wildman–Crippen MR) is 86.0 cm³/mol. The third-order valence-electron chi connectivity index (χ3n) is 6.79. The fraction of sp³-hybridized carbons (Fsp3) is 1.00. The molecule has 2 aliphatic carbocycles. The lowest BCUT2D eigenvalue weighted by molar-refractivity contribution is -0.0305. The number of hydrogen-bond donors (Lipinski definition) is 1. The Morgan fingerprint density at radius 3 is 2.25 bits per heavy atom. The SMILES string of the molecule is CCC1(CC)CNC2(CCCCC2)CN1CC1CCC1. The Morgan fingerprint density at radius 2 is 1.70 bits per heavy atom. The molecule has 3 fully saturated rings. The molecule has 1 spiro atoms. The van der Waals surface area contributed by atoms with Crippen LogP contribution >= 0.6 is 0 Å². The van der Waals surface area contributed by atoms with Gasteiger partial charge in [-0.15, -0.1) is 0 Å². The molecule has 0 aromatic rings. The summed E-state index contributed by atoms with van der Waals surface area (Å²) in [6, 6.07) is 0. The zero-order valence-corrected chi connectivity index (χ0v) is 13.7. The van der Waals surface area contributed by atoms with Crippen molar-refractivity contribution in [2.75, 3.05) is 19.6 Å². The highest BCUT2D eigenvalue weighted by Gasteiger charge is 2.46. The highest BCUT2D eigenvalue weighted by Crippen LogP contribution is 2.39. The van der Waals surface area contributed by atoms with Gasteiger partial charge < -0.3 is 5.32 Å². The van der Waals surface area contributed by atoms with Crippen molar-refractivity contribution in [3.8, 4) is 0 Å². The predicted octanol–water partition coefficient (Wildman–Crippen LogP) is 3.95. The standard InChI is InChI=1S/C18H34N2/c1-3-18(4-2)14-19-17(11-6-5-7-12-17)15-20(18)13-16-9-8-10-16/h16,19H,3-15H2,1-2H3. The summed E-state index contributed by atoms with van der Waals surface area (Å²) in [5.41, 5.74) is 0.911. The van der Waals surface area contributed by atoms with Crippen molar-refractivity contribution in [3.05, 3.63) is 0 Å². The Morgan fingerprint density at radius 1 is 1.00 bits per heavy atom. The second-order valence-corrected chi connectivity index (χ2v) is 7.80. The minimum absolute atomic E-state index is 0.443. The van der Waals surface area contributed by atoms with Gasteiger partial charge in [-0.3, -0.25) is 4.90 Å². The van der Waals surface area contributed by atoms with Gasteiger partial charge in [-0.05, 0) is 44.4 Å². The summed E-state index contributed by atoms with van der Waals surface area (Å²) in [5, 5.41) is 4.02. The first kappa shape index (κ1) is 14.8. The molecule has 0 unspecified atom stereocenters. The molecule has 0 atom stereocenters. The molecule has 2 heteroatoms. The second-order valence-electron chi connectivity index (χ2n) is 7.80. The van der Waals surface area contributed by atoms with Crippen LogP contribution in [0.15, 0.2) is 0 Å². The van der Waals surface area contributed by atoms with Crippen molar-refractivity contribution in [3.63, 3.8) is 0 Å². The molecule has 0 radical (unpaired) electrons. The smallest absolute Gasteiger partial charge is 0.0329 e. The van der Waals surface area contributed by atoms with Crippen molar-refractivity contribution >= 4 is 0 Å². The minimum atomic E-state index is 0.443. The quantitative estimate of drug-likeness (QED) is 0.837. The lowest BCUT2D eigenvalue weighted by Crippen LogP contribution is -2.70. The van der Waals surface area contributed by atoms with Crippen LogP contribution in [-0.4, -0.2) is 35.6 Å². The molecular formula is C18H34N2. The van der Waals surface area contributed by atoms with Gasteiger partial charge in [-0.2, -0.15) is 0 Å². The fourth-order valence-electron chi connectivity index (χ4n) is 4.81. The number of piperazine rings is 1. The van der Waals surface area contributed by atoms with Gasteiger partial charge in [0.05, 0.1) is 0 Å². The topological polar surface area (TPSA) is 15.3 Å². The summed E-state index contributed by atoms with van der Waals surface area (Å²) in [6.45, 7) is 8.73. The average Bonchev–Trinajstić information content (AvgIpc) is 2.45. The summed E-state index contributed by atoms with van der Waals surface area (Å²) in [5.74, 6) is 1.01. The fourth-order valence-corrected chi connectivity index (χ4v) is 4.81. The van der Waals surface area contributed by atoms with Crippen molar-refractivity contribution in [2.24, 2.45) is 5.92 Å². The van der Waals surface area contributed by atoms with Crippen LogP contribution in [0, 0.1) is 5.92 Å². The van der Waals surface area contributed by atoms with E-state index < -0.39 is 0 Å². The van der Waals surface area contributed by atoms with Crippen molar-refractivity contribution < 1.29 is 0 Å². The molecule has 3 aliphatic rings. The molecule has 0 aromatic carbocycles. The molecule has 1 aliphatic heterocycles. The first-order valence-electron chi connectivity index (χ1n) is 9.22. The Balaban J connectivity index is 1.73. The molecule has 116 valence electrons. The molecular weight excluding hydrogens is 244 g/mol.